The van der Waals surface area contributed by atoms with Gasteiger partial charge in [0.2, 0.25) is 18.1 Å². The van der Waals surface area contributed by atoms with Crippen molar-refractivity contribution in [2.75, 3.05) is 6.54 Å². The van der Waals surface area contributed by atoms with Gasteiger partial charge in [-0.2, -0.15) is 0 Å². The van der Waals surface area contributed by atoms with Gasteiger partial charge in [0.1, 0.15) is 6.04 Å². The smallest absolute Gasteiger partial charge is 0.243 e. The summed E-state index contributed by atoms with van der Waals surface area (Å²) in [5.41, 5.74) is 14.2. The molecule has 1 radical (unpaired) electrons. The fraction of sp³-hybridized carbons (Fsp3) is 0.308. The van der Waals surface area contributed by atoms with Gasteiger partial charge in [-0.25, -0.2) is 0 Å². The van der Waals surface area contributed by atoms with E-state index in [1.807, 2.05) is 67.1 Å². The number of carbonyl (C=O) groups excluding carboxylic acids is 3. The predicted molar refractivity (Wildman–Crippen MR) is 139 cm³/mol. The average molecular weight is 491 g/mol. The third-order valence-corrected chi connectivity index (χ3v) is 5.81. The van der Waals surface area contributed by atoms with Crippen molar-refractivity contribution < 1.29 is 14.4 Å². The van der Waals surface area contributed by atoms with Gasteiger partial charge in [0.25, 0.3) is 0 Å². The fourth-order valence-electron chi connectivity index (χ4n) is 3.95. The molecule has 1 aromatic heterocycles. The van der Waals surface area contributed by atoms with Crippen LogP contribution in [0.15, 0.2) is 60.8 Å². The van der Waals surface area contributed by atoms with Crippen LogP contribution >= 0.6 is 0 Å². The summed E-state index contributed by atoms with van der Waals surface area (Å²) >= 11 is 0. The van der Waals surface area contributed by atoms with Gasteiger partial charge in [0, 0.05) is 30.1 Å². The molecule has 189 valence electrons. The molecule has 1 heterocycles. The number of hydrogen-bond acceptors (Lipinski definition) is 5. The quantitative estimate of drug-likeness (QED) is 0.105. The Labute approximate surface area is 209 Å². The summed E-state index contributed by atoms with van der Waals surface area (Å²) in [6.07, 6.45) is 4.96. The monoisotopic (exact) mass is 490 g/mol. The van der Waals surface area contributed by atoms with Gasteiger partial charge in [-0.05, 0) is 36.5 Å². The molecule has 0 aliphatic rings. The Bertz CT molecular complexity index is 1180. The molecular weight excluding hydrogens is 458 g/mol. The lowest BCUT2D eigenvalue weighted by molar-refractivity contribution is -0.130. The number of aromatic amines is 1. The van der Waals surface area contributed by atoms with E-state index >= 15 is 0 Å². The third-order valence-electron chi connectivity index (χ3n) is 5.81. The number of guanidine groups is 1. The lowest BCUT2D eigenvalue weighted by atomic mass is 10.0. The van der Waals surface area contributed by atoms with E-state index in [4.69, 9.17) is 16.9 Å². The molecule has 2 amide bonds. The topological polar surface area (TPSA) is 179 Å². The molecule has 0 spiro atoms. The summed E-state index contributed by atoms with van der Waals surface area (Å²) in [5, 5.41) is 16.3. The standard InChI is InChI=1S/C26H32N7O3/c27-21(14-18-15-31-22-10-5-4-9-20(18)22)24(35)33-23(11-6-12-30-26(28)29)25(36)32-19(16-34)13-17-7-2-1-3-8-17/h1-5,7-10,15,19,21,23,31H,6,11-14,27H2,(H,32,36)(H,33,35)(H4,28,29,30)/t19-,21-,23-/m0/s1. The van der Waals surface area contributed by atoms with Crippen LogP contribution in [-0.2, 0) is 27.2 Å². The average Bonchev–Trinajstić information content (AvgIpc) is 3.28. The zero-order valence-corrected chi connectivity index (χ0v) is 19.9. The Morgan fingerprint density at radius 2 is 1.72 bits per heavy atom. The molecule has 0 saturated carbocycles. The van der Waals surface area contributed by atoms with Crippen molar-refractivity contribution in [1.82, 2.24) is 20.9 Å². The van der Waals surface area contributed by atoms with E-state index in [0.29, 0.717) is 13.0 Å². The number of carbonyl (C=O) groups is 2. The molecule has 0 saturated heterocycles. The summed E-state index contributed by atoms with van der Waals surface area (Å²) < 4.78 is 0. The molecule has 9 N–H and O–H groups in total. The fourth-order valence-corrected chi connectivity index (χ4v) is 3.95. The molecule has 0 bridgehead atoms. The Hall–Kier alpha value is -4.18. The van der Waals surface area contributed by atoms with Crippen LogP contribution < -0.4 is 27.4 Å². The van der Waals surface area contributed by atoms with Crippen molar-refractivity contribution in [2.24, 2.45) is 11.5 Å². The molecule has 0 unspecified atom stereocenters. The summed E-state index contributed by atoms with van der Waals surface area (Å²) in [4.78, 5) is 40.7. The number of para-hydroxylation sites is 1. The Kier molecular flexibility index (Phi) is 9.58. The van der Waals surface area contributed by atoms with Crippen LogP contribution in [0.4, 0.5) is 0 Å². The van der Waals surface area contributed by atoms with Crippen LogP contribution in [-0.4, -0.2) is 53.7 Å². The molecule has 3 aromatic rings. The number of benzene rings is 2. The first-order valence-electron chi connectivity index (χ1n) is 11.8. The minimum atomic E-state index is -0.924. The predicted octanol–water partition coefficient (Wildman–Crippen LogP) is 0.623. The van der Waals surface area contributed by atoms with E-state index in [2.05, 4.69) is 20.9 Å². The molecule has 10 heteroatoms. The molecule has 0 aliphatic heterocycles. The molecule has 36 heavy (non-hydrogen) atoms. The molecule has 0 fully saturated rings. The maximum atomic E-state index is 13.0. The summed E-state index contributed by atoms with van der Waals surface area (Å²) in [5.74, 6) is -1.16. The number of fused-ring (bicyclic) bond motifs is 1. The van der Waals surface area contributed by atoms with Crippen LogP contribution in [0.1, 0.15) is 24.0 Å². The van der Waals surface area contributed by atoms with E-state index < -0.39 is 29.9 Å². The highest BCUT2D eigenvalue weighted by Gasteiger charge is 2.26. The van der Waals surface area contributed by atoms with E-state index in [1.54, 1.807) is 0 Å². The summed E-state index contributed by atoms with van der Waals surface area (Å²) in [6, 6.07) is 14.3. The zero-order valence-electron chi connectivity index (χ0n) is 19.9. The van der Waals surface area contributed by atoms with Crippen LogP contribution in [0, 0.1) is 5.41 Å². The third kappa shape index (κ3) is 7.67. The van der Waals surface area contributed by atoms with Gasteiger partial charge in [-0.15, -0.1) is 0 Å². The first kappa shape index (κ1) is 26.4. The van der Waals surface area contributed by atoms with Crippen molar-refractivity contribution in [3.8, 4) is 0 Å². The number of rotatable bonds is 13. The Morgan fingerprint density at radius 1 is 1.00 bits per heavy atom. The number of H-pyrrole nitrogens is 1. The number of nitrogens with one attached hydrogen (secondary N) is 5. The Morgan fingerprint density at radius 3 is 2.44 bits per heavy atom. The largest absolute Gasteiger partial charge is 0.370 e. The van der Waals surface area contributed by atoms with E-state index in [0.717, 1.165) is 22.0 Å². The molecule has 3 rings (SSSR count). The van der Waals surface area contributed by atoms with Gasteiger partial charge >= 0.3 is 0 Å². The second-order valence-corrected chi connectivity index (χ2v) is 8.58. The van der Waals surface area contributed by atoms with Crippen LogP contribution in [0.2, 0.25) is 0 Å². The van der Waals surface area contributed by atoms with E-state index in [9.17, 15) is 14.4 Å². The van der Waals surface area contributed by atoms with Crippen molar-refractivity contribution in [3.05, 3.63) is 71.9 Å². The maximum absolute atomic E-state index is 13.0. The highest BCUT2D eigenvalue weighted by Crippen LogP contribution is 2.18. The van der Waals surface area contributed by atoms with E-state index in [1.165, 1.54) is 0 Å². The van der Waals surface area contributed by atoms with Crippen LogP contribution in [0.25, 0.3) is 10.9 Å². The van der Waals surface area contributed by atoms with Gasteiger partial charge < -0.3 is 32.4 Å². The summed E-state index contributed by atoms with van der Waals surface area (Å²) in [7, 11) is 0. The lowest BCUT2D eigenvalue weighted by Crippen LogP contribution is -2.54. The molecule has 2 aromatic carbocycles. The Balaban J connectivity index is 1.64. The first-order chi connectivity index (χ1) is 17.4. The first-order valence-corrected chi connectivity index (χ1v) is 11.8. The molecule has 10 nitrogen and oxygen atoms in total. The normalized spacial score (nSPS) is 13.4. The second kappa shape index (κ2) is 13.1. The van der Waals surface area contributed by atoms with Crippen molar-refractivity contribution in [2.45, 2.75) is 43.8 Å². The highest BCUT2D eigenvalue weighted by molar-refractivity contribution is 5.91. The maximum Gasteiger partial charge on any atom is 0.243 e. The SMILES string of the molecule is N=C(N)NCCC[C@H](NC(=O)[C@@H](N)Cc1c[nH]c2ccccc12)C(=O)N[C@H]([C]=O)Cc1ccccc1. The summed E-state index contributed by atoms with van der Waals surface area (Å²) in [6.45, 7) is 0.351. The number of hydrogen-bond donors (Lipinski definition) is 7. The minimum Gasteiger partial charge on any atom is -0.370 e. The molecule has 3 atom stereocenters. The number of amides is 2. The lowest BCUT2D eigenvalue weighted by Gasteiger charge is -2.22. The van der Waals surface area contributed by atoms with Crippen molar-refractivity contribution >= 4 is 35.0 Å². The van der Waals surface area contributed by atoms with Gasteiger partial charge in [0.15, 0.2) is 5.96 Å². The molecular formula is C26H32N7O3. The highest BCUT2D eigenvalue weighted by atomic mass is 16.2. The van der Waals surface area contributed by atoms with Gasteiger partial charge in [-0.1, -0.05) is 48.5 Å². The van der Waals surface area contributed by atoms with Crippen molar-refractivity contribution in [1.29, 1.82) is 5.41 Å². The van der Waals surface area contributed by atoms with E-state index in [-0.39, 0.29) is 25.2 Å². The molecule has 0 aliphatic carbocycles. The number of aromatic nitrogens is 1. The van der Waals surface area contributed by atoms with Crippen LogP contribution in [0.3, 0.4) is 0 Å². The van der Waals surface area contributed by atoms with Crippen LogP contribution in [0.5, 0.6) is 0 Å². The number of nitrogens with two attached hydrogens (primary N) is 2. The second-order valence-electron chi connectivity index (χ2n) is 8.58. The zero-order chi connectivity index (χ0) is 25.9. The van der Waals surface area contributed by atoms with Gasteiger partial charge in [0.05, 0.1) is 12.1 Å². The minimum absolute atomic E-state index is 0.181. The van der Waals surface area contributed by atoms with Gasteiger partial charge in [-0.3, -0.25) is 19.8 Å². The van der Waals surface area contributed by atoms with Crippen molar-refractivity contribution in [3.63, 3.8) is 0 Å².